The Morgan fingerprint density at radius 3 is 2.81 bits per heavy atom. The normalized spacial score (nSPS) is 19.1. The highest BCUT2D eigenvalue weighted by atomic mass is 35.5. The Kier molecular flexibility index (Phi) is 8.73. The zero-order valence-electron chi connectivity index (χ0n) is 18.2. The highest BCUT2D eigenvalue weighted by Gasteiger charge is 2.54. The monoisotopic (exact) mass is 605 g/mol. The van der Waals surface area contributed by atoms with Crippen LogP contribution in [0, 0.1) is 0 Å². The van der Waals surface area contributed by atoms with Crippen LogP contribution in [0.5, 0.6) is 0 Å². The van der Waals surface area contributed by atoms with E-state index >= 15 is 0 Å². The van der Waals surface area contributed by atoms with E-state index < -0.39 is 23.3 Å². The van der Waals surface area contributed by atoms with Crippen LogP contribution in [-0.2, 0) is 14.4 Å². The second-order valence-electron chi connectivity index (χ2n) is 7.34. The first kappa shape index (κ1) is 27.1. The number of hydrogen-bond donors (Lipinski definition) is 4. The van der Waals surface area contributed by atoms with Crippen molar-refractivity contribution in [2.75, 3.05) is 28.2 Å². The number of nitrogens with two attached hydrogens (primary N) is 2. The van der Waals surface area contributed by atoms with Gasteiger partial charge in [0.1, 0.15) is 23.3 Å². The lowest BCUT2D eigenvalue weighted by molar-refractivity contribution is -0.682. The average Bonchev–Trinajstić information content (AvgIpc) is 2.84. The number of β-lactam (4-membered cyclic amide) rings is 1. The summed E-state index contributed by atoms with van der Waals surface area (Å²) in [5, 5.41) is 13.9. The standard InChI is InChI=1S/C20H18Cl2N6O4S4/c21-9-1-2-10(22)11(5-9)33-7-14(29)26-15-17(30)28-16(19(31)32)12(6-34-18(15)28)35-8-36-20-25-13(23)3-4-27(20)24/h1-5,15,18,23H,6-8,24H2,(H2,26,29,31,32)/p+1. The summed E-state index contributed by atoms with van der Waals surface area (Å²) < 4.78 is 1.32. The lowest BCUT2D eigenvalue weighted by Crippen LogP contribution is -2.70. The number of anilines is 1. The minimum absolute atomic E-state index is 0.0281. The largest absolute Gasteiger partial charge is 0.477 e. The third-order valence-corrected chi connectivity index (χ3v) is 10.4. The van der Waals surface area contributed by atoms with Crippen LogP contribution >= 0.6 is 70.2 Å². The van der Waals surface area contributed by atoms with Gasteiger partial charge in [-0.2, -0.15) is 0 Å². The molecule has 1 aromatic heterocycles. The molecule has 0 aliphatic carbocycles. The van der Waals surface area contributed by atoms with E-state index in [4.69, 9.17) is 34.8 Å². The van der Waals surface area contributed by atoms with Gasteiger partial charge in [0.15, 0.2) is 0 Å². The van der Waals surface area contributed by atoms with Crippen LogP contribution in [0.2, 0.25) is 10.0 Å². The third kappa shape index (κ3) is 5.94. The summed E-state index contributed by atoms with van der Waals surface area (Å²) in [6.07, 6.45) is 1.58. The molecule has 2 amide bonds. The molecule has 190 valence electrons. The molecular formula is C20H19Cl2N6O4S4+. The Morgan fingerprint density at radius 1 is 1.28 bits per heavy atom. The zero-order chi connectivity index (χ0) is 26.0. The lowest BCUT2D eigenvalue weighted by atomic mass is 10.1. The number of amides is 2. The molecule has 2 unspecified atom stereocenters. The first-order chi connectivity index (χ1) is 17.2. The van der Waals surface area contributed by atoms with Gasteiger partial charge in [-0.3, -0.25) is 20.3 Å². The molecule has 1 fully saturated rings. The van der Waals surface area contributed by atoms with Gasteiger partial charge in [-0.1, -0.05) is 23.2 Å². The molecule has 1 aromatic carbocycles. The molecule has 1 saturated heterocycles. The van der Waals surface area contributed by atoms with Crippen LogP contribution in [-0.4, -0.2) is 60.8 Å². The third-order valence-electron chi connectivity index (χ3n) is 4.98. The van der Waals surface area contributed by atoms with E-state index in [9.17, 15) is 19.5 Å². The van der Waals surface area contributed by atoms with Crippen molar-refractivity contribution >= 4 is 93.9 Å². The summed E-state index contributed by atoms with van der Waals surface area (Å²) in [5.74, 6) is 4.53. The topological polar surface area (TPSA) is 156 Å². The summed E-state index contributed by atoms with van der Waals surface area (Å²) in [6, 6.07) is 5.71. The lowest BCUT2D eigenvalue weighted by Gasteiger charge is -2.49. The van der Waals surface area contributed by atoms with Crippen LogP contribution in [0.15, 0.2) is 51.1 Å². The van der Waals surface area contributed by atoms with E-state index in [1.807, 2.05) is 0 Å². The second-order valence-corrected chi connectivity index (χ2v) is 12.7. The summed E-state index contributed by atoms with van der Waals surface area (Å²) in [6.45, 7) is 0. The minimum Gasteiger partial charge on any atom is -0.477 e. The fraction of sp³-hybridized carbons (Fsp3) is 0.250. The quantitative estimate of drug-likeness (QED) is 0.0830. The highest BCUT2D eigenvalue weighted by Crippen LogP contribution is 2.44. The van der Waals surface area contributed by atoms with Crippen LogP contribution in [0.4, 0.5) is 5.82 Å². The number of nitrogen functional groups attached to an aromatic ring is 2. The summed E-state index contributed by atoms with van der Waals surface area (Å²) in [4.78, 5) is 43.9. The Bertz CT molecular complexity index is 1270. The molecule has 2 aliphatic heterocycles. The fourth-order valence-corrected chi connectivity index (χ4v) is 8.30. The summed E-state index contributed by atoms with van der Waals surface area (Å²) in [5.41, 5.74) is 5.62. The maximum absolute atomic E-state index is 12.8. The van der Waals surface area contributed by atoms with E-state index in [0.717, 1.165) is 0 Å². The van der Waals surface area contributed by atoms with Gasteiger partial charge < -0.3 is 16.2 Å². The Balaban J connectivity index is 1.36. The molecule has 0 radical (unpaired) electrons. The molecule has 36 heavy (non-hydrogen) atoms. The highest BCUT2D eigenvalue weighted by molar-refractivity contribution is 8.18. The molecule has 3 heterocycles. The van der Waals surface area contributed by atoms with E-state index in [0.29, 0.717) is 41.7 Å². The number of carboxylic acids is 1. The number of fused-ring (bicyclic) bond motifs is 1. The molecule has 16 heteroatoms. The number of thioether (sulfide) groups is 4. The van der Waals surface area contributed by atoms with Gasteiger partial charge in [-0.15, -0.1) is 40.0 Å². The number of carboxylic acid groups (broad SMARTS) is 1. The number of halogens is 2. The van der Waals surface area contributed by atoms with E-state index in [1.54, 1.807) is 30.5 Å². The molecule has 0 spiro atoms. The van der Waals surface area contributed by atoms with Crippen molar-refractivity contribution in [3.63, 3.8) is 0 Å². The Labute approximate surface area is 232 Å². The van der Waals surface area contributed by atoms with Crippen LogP contribution in [0.25, 0.3) is 0 Å². The Morgan fingerprint density at radius 2 is 2.06 bits per heavy atom. The fourth-order valence-electron chi connectivity index (χ4n) is 3.33. The molecular weight excluding hydrogens is 587 g/mol. The summed E-state index contributed by atoms with van der Waals surface area (Å²) in [7, 11) is 0. The van der Waals surface area contributed by atoms with Gasteiger partial charge in [0.05, 0.1) is 15.9 Å². The number of carbonyl (C=O) groups is 3. The van der Waals surface area contributed by atoms with E-state index in [2.05, 4.69) is 10.3 Å². The molecule has 10 nitrogen and oxygen atoms in total. The SMILES string of the molecule is Nc1cc[n+](N)c(SCSC2=C(C(=O)O)N3C(=O)C(NC(=O)CSc4cc(Cl)ccc4Cl)C3SC2)n1. The zero-order valence-corrected chi connectivity index (χ0v) is 23.0. The molecule has 4 rings (SSSR count). The van der Waals surface area contributed by atoms with E-state index in [-0.39, 0.29) is 17.4 Å². The van der Waals surface area contributed by atoms with Crippen molar-refractivity contribution in [2.24, 2.45) is 0 Å². The minimum atomic E-state index is -1.20. The second kappa shape index (κ2) is 11.6. The molecule has 2 aromatic rings. The maximum Gasteiger partial charge on any atom is 0.385 e. The number of benzene rings is 1. The Hall–Kier alpha value is -1.97. The first-order valence-electron chi connectivity index (χ1n) is 10.1. The number of carbonyl (C=O) groups excluding carboxylic acids is 2. The van der Waals surface area contributed by atoms with Crippen molar-refractivity contribution < 1.29 is 24.2 Å². The van der Waals surface area contributed by atoms with E-state index in [1.165, 1.54) is 56.6 Å². The number of rotatable bonds is 9. The number of hydrogen-bond acceptors (Lipinski definition) is 10. The van der Waals surface area contributed by atoms with Crippen LogP contribution in [0.3, 0.4) is 0 Å². The van der Waals surface area contributed by atoms with Gasteiger partial charge >= 0.3 is 11.1 Å². The van der Waals surface area contributed by atoms with Crippen molar-refractivity contribution in [1.29, 1.82) is 0 Å². The molecule has 0 saturated carbocycles. The maximum atomic E-state index is 12.8. The number of nitrogens with zero attached hydrogens (tertiary/aromatic N) is 3. The van der Waals surface area contributed by atoms with Gasteiger partial charge in [0.25, 0.3) is 5.91 Å². The van der Waals surface area contributed by atoms with Gasteiger partial charge in [-0.05, 0) is 34.9 Å². The van der Waals surface area contributed by atoms with Gasteiger partial charge in [0.2, 0.25) is 11.7 Å². The number of aromatic nitrogens is 2. The predicted molar refractivity (Wildman–Crippen MR) is 144 cm³/mol. The number of aliphatic carboxylic acids is 1. The van der Waals surface area contributed by atoms with Gasteiger partial charge in [0, 0.05) is 26.6 Å². The van der Waals surface area contributed by atoms with Crippen LogP contribution in [0.1, 0.15) is 0 Å². The van der Waals surface area contributed by atoms with Crippen molar-refractivity contribution in [3.8, 4) is 0 Å². The molecule has 2 atom stereocenters. The first-order valence-corrected chi connectivity index (χ1v) is 14.9. The summed E-state index contributed by atoms with van der Waals surface area (Å²) >= 11 is 17.3. The average molecular weight is 607 g/mol. The van der Waals surface area contributed by atoms with Crippen molar-refractivity contribution in [1.82, 2.24) is 15.2 Å². The van der Waals surface area contributed by atoms with Crippen LogP contribution < -0.4 is 21.6 Å². The predicted octanol–water partition coefficient (Wildman–Crippen LogP) is 2.24. The molecule has 6 N–H and O–H groups in total. The smallest absolute Gasteiger partial charge is 0.385 e. The van der Waals surface area contributed by atoms with Gasteiger partial charge in [-0.25, -0.2) is 4.79 Å². The molecule has 0 bridgehead atoms. The molecule has 2 aliphatic rings. The van der Waals surface area contributed by atoms with Crippen molar-refractivity contribution in [3.05, 3.63) is 51.1 Å². The number of nitrogens with one attached hydrogen (secondary N) is 1. The van der Waals surface area contributed by atoms with Crippen molar-refractivity contribution in [2.45, 2.75) is 21.5 Å².